The van der Waals surface area contributed by atoms with Crippen LogP contribution in [0.3, 0.4) is 0 Å². The first-order chi connectivity index (χ1) is 13.0. The number of amides is 3. The fourth-order valence-electron chi connectivity index (χ4n) is 3.11. The second-order valence-electron chi connectivity index (χ2n) is 6.97. The first-order valence-electron chi connectivity index (χ1n) is 9.54. The second kappa shape index (κ2) is 10.9. The highest BCUT2D eigenvalue weighted by Gasteiger charge is 2.26. The molecule has 2 unspecified atom stereocenters. The normalized spacial score (nSPS) is 19.6. The Balaban J connectivity index is 1.76. The van der Waals surface area contributed by atoms with Gasteiger partial charge in [0.25, 0.3) is 5.91 Å². The largest absolute Gasteiger partial charge is 0.385 e. The van der Waals surface area contributed by atoms with Crippen molar-refractivity contribution in [3.05, 3.63) is 35.4 Å². The van der Waals surface area contributed by atoms with Gasteiger partial charge in [0.05, 0.1) is 12.2 Å². The monoisotopic (exact) mass is 377 g/mol. The van der Waals surface area contributed by atoms with Crippen molar-refractivity contribution in [2.75, 3.05) is 33.4 Å². The fourth-order valence-corrected chi connectivity index (χ4v) is 3.11. The first-order valence-corrected chi connectivity index (χ1v) is 9.54. The van der Waals surface area contributed by atoms with E-state index in [-0.39, 0.29) is 24.1 Å². The smallest absolute Gasteiger partial charge is 0.315 e. The summed E-state index contributed by atoms with van der Waals surface area (Å²) in [5, 5.41) is 5.63. The highest BCUT2D eigenvalue weighted by Crippen LogP contribution is 2.15. The number of unbranched alkanes of at least 4 members (excludes halogenated alkanes) is 1. The third kappa shape index (κ3) is 7.19. The summed E-state index contributed by atoms with van der Waals surface area (Å²) in [6, 6.07) is 7.18. The summed E-state index contributed by atoms with van der Waals surface area (Å²) in [5.74, 6) is 0.0188. The van der Waals surface area contributed by atoms with E-state index in [9.17, 15) is 9.59 Å². The van der Waals surface area contributed by atoms with Crippen molar-refractivity contribution in [3.8, 4) is 0 Å². The molecule has 1 aromatic rings. The second-order valence-corrected chi connectivity index (χ2v) is 6.97. The zero-order valence-corrected chi connectivity index (χ0v) is 16.5. The standard InChI is InChI=1S/C20H31N3O4/c1-15-13-23(14-16(2)27-15)19(24)18-8-6-17(7-9-18)12-22-20(25)21-10-4-5-11-26-3/h6-9,15-16H,4-5,10-14H2,1-3H3,(H2,21,22,25). The minimum absolute atomic E-state index is 0.0188. The molecule has 0 radical (unpaired) electrons. The molecule has 0 bridgehead atoms. The van der Waals surface area contributed by atoms with Crippen LogP contribution in [0.2, 0.25) is 0 Å². The van der Waals surface area contributed by atoms with Crippen LogP contribution in [0.4, 0.5) is 4.79 Å². The third-order valence-corrected chi connectivity index (χ3v) is 4.42. The van der Waals surface area contributed by atoms with E-state index in [0.717, 1.165) is 18.4 Å². The number of ether oxygens (including phenoxy) is 2. The van der Waals surface area contributed by atoms with Crippen LogP contribution in [0.15, 0.2) is 24.3 Å². The number of urea groups is 1. The van der Waals surface area contributed by atoms with Crippen LogP contribution in [0.1, 0.15) is 42.6 Å². The number of carbonyl (C=O) groups is 2. The minimum atomic E-state index is -0.191. The lowest BCUT2D eigenvalue weighted by Gasteiger charge is -2.35. The Morgan fingerprint density at radius 1 is 1.11 bits per heavy atom. The number of methoxy groups -OCH3 is 1. The molecule has 1 aliphatic heterocycles. The molecule has 7 heteroatoms. The molecule has 0 spiro atoms. The van der Waals surface area contributed by atoms with Crippen LogP contribution in [0, 0.1) is 0 Å². The van der Waals surface area contributed by atoms with Crippen molar-refractivity contribution >= 4 is 11.9 Å². The summed E-state index contributed by atoms with van der Waals surface area (Å²) in [5.41, 5.74) is 1.60. The number of nitrogens with one attached hydrogen (secondary N) is 2. The minimum Gasteiger partial charge on any atom is -0.385 e. The SMILES string of the molecule is COCCCCNC(=O)NCc1ccc(C(=O)N2CC(C)OC(C)C2)cc1. The van der Waals surface area contributed by atoms with Crippen LogP contribution >= 0.6 is 0 Å². The lowest BCUT2D eigenvalue weighted by Crippen LogP contribution is -2.48. The Hall–Kier alpha value is -2.12. The lowest BCUT2D eigenvalue weighted by atomic mass is 10.1. The molecule has 7 nitrogen and oxygen atoms in total. The van der Waals surface area contributed by atoms with E-state index in [4.69, 9.17) is 9.47 Å². The molecule has 0 aliphatic carbocycles. The summed E-state index contributed by atoms with van der Waals surface area (Å²) < 4.78 is 10.6. The molecule has 0 saturated carbocycles. The average Bonchev–Trinajstić information content (AvgIpc) is 2.65. The van der Waals surface area contributed by atoms with Crippen molar-refractivity contribution in [2.45, 2.75) is 45.4 Å². The highest BCUT2D eigenvalue weighted by atomic mass is 16.5. The quantitative estimate of drug-likeness (QED) is 0.681. The molecule has 27 heavy (non-hydrogen) atoms. The van der Waals surface area contributed by atoms with Gasteiger partial charge in [-0.2, -0.15) is 0 Å². The molecule has 1 saturated heterocycles. The zero-order valence-electron chi connectivity index (χ0n) is 16.5. The fraction of sp³-hybridized carbons (Fsp3) is 0.600. The molecule has 2 N–H and O–H groups in total. The van der Waals surface area contributed by atoms with Crippen molar-refractivity contribution < 1.29 is 19.1 Å². The highest BCUT2D eigenvalue weighted by molar-refractivity contribution is 5.94. The van der Waals surface area contributed by atoms with E-state index >= 15 is 0 Å². The van der Waals surface area contributed by atoms with Gasteiger partial charge in [-0.15, -0.1) is 0 Å². The van der Waals surface area contributed by atoms with Gasteiger partial charge < -0.3 is 25.0 Å². The Morgan fingerprint density at radius 2 is 1.78 bits per heavy atom. The number of nitrogens with zero attached hydrogens (tertiary/aromatic N) is 1. The van der Waals surface area contributed by atoms with Crippen molar-refractivity contribution in [2.24, 2.45) is 0 Å². The Morgan fingerprint density at radius 3 is 2.41 bits per heavy atom. The van der Waals surface area contributed by atoms with Gasteiger partial charge in [0.1, 0.15) is 0 Å². The van der Waals surface area contributed by atoms with E-state index in [1.54, 1.807) is 7.11 Å². The van der Waals surface area contributed by atoms with Crippen LogP contribution in [-0.4, -0.2) is 62.4 Å². The van der Waals surface area contributed by atoms with E-state index in [0.29, 0.717) is 38.3 Å². The maximum Gasteiger partial charge on any atom is 0.315 e. The molecule has 1 aliphatic rings. The number of morpholine rings is 1. The van der Waals surface area contributed by atoms with Crippen LogP contribution < -0.4 is 10.6 Å². The predicted octanol–water partition coefficient (Wildman–Crippen LogP) is 2.16. The van der Waals surface area contributed by atoms with Crippen molar-refractivity contribution in [1.82, 2.24) is 15.5 Å². The van der Waals surface area contributed by atoms with Gasteiger partial charge in [0.15, 0.2) is 0 Å². The topological polar surface area (TPSA) is 79.9 Å². The van der Waals surface area contributed by atoms with Crippen LogP contribution in [0.25, 0.3) is 0 Å². The van der Waals surface area contributed by atoms with E-state index in [1.165, 1.54) is 0 Å². The molecule has 2 atom stereocenters. The zero-order chi connectivity index (χ0) is 19.6. The number of carbonyl (C=O) groups excluding carboxylic acids is 2. The molecule has 150 valence electrons. The summed E-state index contributed by atoms with van der Waals surface area (Å²) in [7, 11) is 1.67. The van der Waals surface area contributed by atoms with Gasteiger partial charge in [-0.3, -0.25) is 4.79 Å². The van der Waals surface area contributed by atoms with E-state index < -0.39 is 0 Å². The number of rotatable bonds is 8. The first kappa shape index (κ1) is 21.2. The van der Waals surface area contributed by atoms with Crippen LogP contribution in [0.5, 0.6) is 0 Å². The summed E-state index contributed by atoms with van der Waals surface area (Å²) in [4.78, 5) is 26.2. The molecule has 2 rings (SSSR count). The van der Waals surface area contributed by atoms with Crippen molar-refractivity contribution in [3.63, 3.8) is 0 Å². The number of hydrogen-bond donors (Lipinski definition) is 2. The molecule has 0 aromatic heterocycles. The Labute approximate surface area is 161 Å². The number of hydrogen-bond acceptors (Lipinski definition) is 4. The number of benzene rings is 1. The maximum atomic E-state index is 12.6. The van der Waals surface area contributed by atoms with E-state index in [1.807, 2.05) is 43.0 Å². The lowest BCUT2D eigenvalue weighted by molar-refractivity contribution is -0.0586. The Kier molecular flexibility index (Phi) is 8.54. The molecule has 1 heterocycles. The molecule has 1 fully saturated rings. The van der Waals surface area contributed by atoms with Gasteiger partial charge >= 0.3 is 6.03 Å². The molecule has 1 aromatic carbocycles. The van der Waals surface area contributed by atoms with Gasteiger partial charge in [-0.25, -0.2) is 4.79 Å². The van der Waals surface area contributed by atoms with Crippen LogP contribution in [-0.2, 0) is 16.0 Å². The molecular formula is C20H31N3O4. The van der Waals surface area contributed by atoms with E-state index in [2.05, 4.69) is 10.6 Å². The van der Waals surface area contributed by atoms with Gasteiger partial charge in [-0.1, -0.05) is 12.1 Å². The van der Waals surface area contributed by atoms with Crippen molar-refractivity contribution in [1.29, 1.82) is 0 Å². The molecule has 3 amide bonds. The van der Waals surface area contributed by atoms with Gasteiger partial charge in [0, 0.05) is 45.5 Å². The molecular weight excluding hydrogens is 346 g/mol. The Bertz CT molecular complexity index is 596. The maximum absolute atomic E-state index is 12.6. The predicted molar refractivity (Wildman–Crippen MR) is 104 cm³/mol. The summed E-state index contributed by atoms with van der Waals surface area (Å²) in [6.45, 7) is 6.93. The third-order valence-electron chi connectivity index (χ3n) is 4.42. The average molecular weight is 377 g/mol. The summed E-state index contributed by atoms with van der Waals surface area (Å²) >= 11 is 0. The van der Waals surface area contributed by atoms with Gasteiger partial charge in [-0.05, 0) is 44.4 Å². The summed E-state index contributed by atoms with van der Waals surface area (Å²) in [6.07, 6.45) is 1.91. The van der Waals surface area contributed by atoms with Gasteiger partial charge in [0.2, 0.25) is 0 Å².